The van der Waals surface area contributed by atoms with E-state index in [1.165, 1.54) is 38.2 Å². The summed E-state index contributed by atoms with van der Waals surface area (Å²) in [5, 5.41) is 0. The Morgan fingerprint density at radius 2 is 1.88 bits per heavy atom. The third-order valence-electron chi connectivity index (χ3n) is 1.90. The van der Waals surface area contributed by atoms with Crippen LogP contribution in [0.25, 0.3) is 0 Å². The molecule has 0 radical (unpaired) electrons. The Balaban J connectivity index is 2.42. The number of ether oxygens (including phenoxy) is 1. The van der Waals surface area contributed by atoms with Crippen LogP contribution >= 0.6 is 0 Å². The van der Waals surface area contributed by atoms with Gasteiger partial charge in [-0.25, -0.2) is 19.9 Å². The maximum Gasteiger partial charge on any atom is 0.243 e. The lowest BCUT2D eigenvalue weighted by atomic mass is 10.1. The van der Waals surface area contributed by atoms with Crippen LogP contribution < -0.4 is 4.74 Å². The van der Waals surface area contributed by atoms with E-state index in [1.807, 2.05) is 0 Å². The van der Waals surface area contributed by atoms with Crippen molar-refractivity contribution in [2.75, 3.05) is 7.11 Å². The summed E-state index contributed by atoms with van der Waals surface area (Å²) >= 11 is 0. The predicted molar refractivity (Wildman–Crippen MR) is 54.0 cm³/mol. The molecule has 80 valence electrons. The highest BCUT2D eigenvalue weighted by molar-refractivity contribution is 6.08. The van der Waals surface area contributed by atoms with E-state index >= 15 is 0 Å². The van der Waals surface area contributed by atoms with Crippen molar-refractivity contribution < 1.29 is 9.53 Å². The standard InChI is InChI=1S/C10H8N4O2/c1-16-10-8(13-2-3-14-10)9(15)7-4-11-6-12-5-7/h2-6H,1H3. The van der Waals surface area contributed by atoms with E-state index in [0.717, 1.165) is 0 Å². The molecule has 0 amide bonds. The van der Waals surface area contributed by atoms with Gasteiger partial charge in [0.25, 0.3) is 0 Å². The second-order valence-corrected chi connectivity index (χ2v) is 2.87. The van der Waals surface area contributed by atoms with Crippen molar-refractivity contribution in [1.82, 2.24) is 19.9 Å². The Morgan fingerprint density at radius 1 is 1.19 bits per heavy atom. The number of rotatable bonds is 3. The van der Waals surface area contributed by atoms with Crippen molar-refractivity contribution in [1.29, 1.82) is 0 Å². The van der Waals surface area contributed by atoms with Gasteiger partial charge in [-0.05, 0) is 0 Å². The molecule has 2 aromatic rings. The molecule has 0 atom stereocenters. The molecule has 6 nitrogen and oxygen atoms in total. The van der Waals surface area contributed by atoms with Gasteiger partial charge in [0.05, 0.1) is 12.7 Å². The van der Waals surface area contributed by atoms with Crippen LogP contribution in [0, 0.1) is 0 Å². The van der Waals surface area contributed by atoms with Gasteiger partial charge in [0.15, 0.2) is 5.69 Å². The summed E-state index contributed by atoms with van der Waals surface area (Å²) in [4.78, 5) is 27.3. The molecule has 0 N–H and O–H groups in total. The molecule has 2 heterocycles. The van der Waals surface area contributed by atoms with Crippen molar-refractivity contribution >= 4 is 5.78 Å². The first-order valence-electron chi connectivity index (χ1n) is 4.47. The van der Waals surface area contributed by atoms with Crippen LogP contribution in [0.1, 0.15) is 16.1 Å². The Bertz CT molecular complexity index is 501. The monoisotopic (exact) mass is 216 g/mol. The highest BCUT2D eigenvalue weighted by Gasteiger charge is 2.16. The number of hydrogen-bond donors (Lipinski definition) is 0. The molecule has 6 heteroatoms. The summed E-state index contributed by atoms with van der Waals surface area (Å²) < 4.78 is 4.95. The Kier molecular flexibility index (Phi) is 2.81. The number of carbonyl (C=O) groups is 1. The van der Waals surface area contributed by atoms with Crippen LogP contribution in [0.2, 0.25) is 0 Å². The number of methoxy groups -OCH3 is 1. The normalized spacial score (nSPS) is 9.81. The highest BCUT2D eigenvalue weighted by Crippen LogP contribution is 2.14. The van der Waals surface area contributed by atoms with E-state index in [-0.39, 0.29) is 17.4 Å². The molecule has 0 aliphatic carbocycles. The Labute approximate surface area is 91.4 Å². The second-order valence-electron chi connectivity index (χ2n) is 2.87. The zero-order valence-corrected chi connectivity index (χ0v) is 8.49. The van der Waals surface area contributed by atoms with Gasteiger partial charge in [0.1, 0.15) is 6.33 Å². The van der Waals surface area contributed by atoms with Crippen LogP contribution in [0.15, 0.2) is 31.1 Å². The molecule has 16 heavy (non-hydrogen) atoms. The molecule has 0 bridgehead atoms. The van der Waals surface area contributed by atoms with Crippen molar-refractivity contribution in [2.45, 2.75) is 0 Å². The van der Waals surface area contributed by atoms with Gasteiger partial charge in [-0.3, -0.25) is 4.79 Å². The van der Waals surface area contributed by atoms with Gasteiger partial charge in [0, 0.05) is 24.8 Å². The van der Waals surface area contributed by atoms with Gasteiger partial charge >= 0.3 is 0 Å². The van der Waals surface area contributed by atoms with Crippen molar-refractivity contribution in [2.24, 2.45) is 0 Å². The number of carbonyl (C=O) groups excluding carboxylic acids is 1. The summed E-state index contributed by atoms with van der Waals surface area (Å²) in [5.41, 5.74) is 0.501. The minimum atomic E-state index is -0.314. The number of aromatic nitrogens is 4. The molecule has 0 aliphatic heterocycles. The summed E-state index contributed by atoms with van der Waals surface area (Å²) in [7, 11) is 1.43. The molecule has 2 aromatic heterocycles. The molecular formula is C10H8N4O2. The minimum absolute atomic E-state index is 0.153. The third kappa shape index (κ3) is 1.85. The summed E-state index contributed by atoms with van der Waals surface area (Å²) in [6.07, 6.45) is 7.08. The first-order chi connectivity index (χ1) is 7.83. The zero-order valence-electron chi connectivity index (χ0n) is 8.49. The lowest BCUT2D eigenvalue weighted by Gasteiger charge is -2.03. The van der Waals surface area contributed by atoms with Crippen molar-refractivity contribution in [3.05, 3.63) is 42.4 Å². The molecule has 2 rings (SSSR count). The second kappa shape index (κ2) is 4.43. The van der Waals surface area contributed by atoms with Crippen molar-refractivity contribution in [3.8, 4) is 5.88 Å². The maximum absolute atomic E-state index is 12.0. The maximum atomic E-state index is 12.0. The predicted octanol–water partition coefficient (Wildman–Crippen LogP) is 0.506. The largest absolute Gasteiger partial charge is 0.479 e. The fraction of sp³-hybridized carbons (Fsp3) is 0.100. The lowest BCUT2D eigenvalue weighted by molar-refractivity contribution is 0.102. The summed E-state index contributed by atoms with van der Waals surface area (Å²) in [6, 6.07) is 0. The summed E-state index contributed by atoms with van der Waals surface area (Å²) in [5.74, 6) is -0.123. The molecule has 0 aromatic carbocycles. The van der Waals surface area contributed by atoms with E-state index in [2.05, 4.69) is 19.9 Å². The Hall–Kier alpha value is -2.37. The number of nitrogens with zero attached hydrogens (tertiary/aromatic N) is 4. The SMILES string of the molecule is COc1nccnc1C(=O)c1cncnc1. The number of hydrogen-bond acceptors (Lipinski definition) is 6. The van der Waals surface area contributed by atoms with E-state index in [4.69, 9.17) is 4.74 Å². The highest BCUT2D eigenvalue weighted by atomic mass is 16.5. The molecule has 0 saturated carbocycles. The lowest BCUT2D eigenvalue weighted by Crippen LogP contribution is -2.08. The van der Waals surface area contributed by atoms with Gasteiger partial charge < -0.3 is 4.74 Å². The topological polar surface area (TPSA) is 77.9 Å². The van der Waals surface area contributed by atoms with Gasteiger partial charge in [0.2, 0.25) is 11.7 Å². The summed E-state index contributed by atoms with van der Waals surface area (Å²) in [6.45, 7) is 0. The van der Waals surface area contributed by atoms with E-state index in [0.29, 0.717) is 5.56 Å². The van der Waals surface area contributed by atoms with Crippen LogP contribution in [0.5, 0.6) is 5.88 Å². The van der Waals surface area contributed by atoms with E-state index < -0.39 is 0 Å². The smallest absolute Gasteiger partial charge is 0.243 e. The van der Waals surface area contributed by atoms with Gasteiger partial charge in [-0.2, -0.15) is 0 Å². The molecule has 0 spiro atoms. The van der Waals surface area contributed by atoms with E-state index in [1.54, 1.807) is 0 Å². The van der Waals surface area contributed by atoms with E-state index in [9.17, 15) is 4.79 Å². The number of ketones is 1. The molecule has 0 unspecified atom stereocenters. The van der Waals surface area contributed by atoms with Crippen LogP contribution in [0.3, 0.4) is 0 Å². The fourth-order valence-electron chi connectivity index (χ4n) is 1.18. The Morgan fingerprint density at radius 3 is 2.56 bits per heavy atom. The average molecular weight is 216 g/mol. The molecule has 0 fully saturated rings. The molecule has 0 aliphatic rings. The fourth-order valence-corrected chi connectivity index (χ4v) is 1.18. The van der Waals surface area contributed by atoms with Crippen LogP contribution in [0.4, 0.5) is 0 Å². The molecular weight excluding hydrogens is 208 g/mol. The van der Waals surface area contributed by atoms with Crippen LogP contribution in [-0.4, -0.2) is 32.8 Å². The molecule has 0 saturated heterocycles. The first-order valence-corrected chi connectivity index (χ1v) is 4.47. The van der Waals surface area contributed by atoms with Gasteiger partial charge in [-0.1, -0.05) is 0 Å². The first kappa shape index (κ1) is 10.2. The van der Waals surface area contributed by atoms with Crippen molar-refractivity contribution in [3.63, 3.8) is 0 Å². The van der Waals surface area contributed by atoms with Crippen LogP contribution in [-0.2, 0) is 0 Å². The van der Waals surface area contributed by atoms with Gasteiger partial charge in [-0.15, -0.1) is 0 Å². The third-order valence-corrected chi connectivity index (χ3v) is 1.90. The average Bonchev–Trinajstić information content (AvgIpc) is 2.39. The zero-order chi connectivity index (χ0) is 11.4. The quantitative estimate of drug-likeness (QED) is 0.695. The minimum Gasteiger partial charge on any atom is -0.479 e.